The summed E-state index contributed by atoms with van der Waals surface area (Å²) in [5.74, 6) is 0.0713. The molecule has 0 amide bonds. The van der Waals surface area contributed by atoms with Gasteiger partial charge in [0.2, 0.25) is 0 Å². The maximum atomic E-state index is 11.9. The maximum absolute atomic E-state index is 11.9. The van der Waals surface area contributed by atoms with E-state index in [2.05, 4.69) is 5.16 Å². The highest BCUT2D eigenvalue weighted by atomic mass is 35.5. The standard InChI is InChI=1S/C19H19Cl2NO3/c1-12(2)19(14-4-6-15(20)7-5-14)22-25-18(23)11-24-17-9-8-16(21)10-13(17)3/h4-10,12H,11H2,1-3H3/b22-19-. The van der Waals surface area contributed by atoms with Crippen molar-refractivity contribution in [3.05, 3.63) is 63.6 Å². The van der Waals surface area contributed by atoms with E-state index in [-0.39, 0.29) is 12.5 Å². The smallest absolute Gasteiger partial charge is 0.372 e. The molecule has 2 aromatic carbocycles. The second-order valence-corrected chi connectivity index (χ2v) is 6.67. The predicted octanol–water partition coefficient (Wildman–Crippen LogP) is 5.28. The molecule has 25 heavy (non-hydrogen) atoms. The second-order valence-electron chi connectivity index (χ2n) is 5.80. The zero-order chi connectivity index (χ0) is 18.4. The first-order valence-electron chi connectivity index (χ1n) is 7.79. The fourth-order valence-electron chi connectivity index (χ4n) is 2.15. The third-order valence-electron chi connectivity index (χ3n) is 3.42. The third kappa shape index (κ3) is 5.76. The first-order chi connectivity index (χ1) is 11.9. The highest BCUT2D eigenvalue weighted by Gasteiger charge is 2.12. The fraction of sp³-hybridized carbons (Fsp3) is 0.263. The Balaban J connectivity index is 2.00. The van der Waals surface area contributed by atoms with Gasteiger partial charge in [0.25, 0.3) is 0 Å². The van der Waals surface area contributed by atoms with Gasteiger partial charge < -0.3 is 9.57 Å². The van der Waals surface area contributed by atoms with Crippen LogP contribution in [0.2, 0.25) is 10.0 Å². The molecule has 2 rings (SSSR count). The number of halogens is 2. The minimum absolute atomic E-state index is 0.0772. The number of aryl methyl sites for hydroxylation is 1. The molecule has 4 nitrogen and oxygen atoms in total. The maximum Gasteiger partial charge on any atom is 0.372 e. The van der Waals surface area contributed by atoms with Crippen LogP contribution in [0.3, 0.4) is 0 Å². The summed E-state index contributed by atoms with van der Waals surface area (Å²) in [6, 6.07) is 12.4. The van der Waals surface area contributed by atoms with E-state index in [1.807, 2.05) is 32.9 Å². The van der Waals surface area contributed by atoms with Gasteiger partial charge in [-0.2, -0.15) is 0 Å². The van der Waals surface area contributed by atoms with Gasteiger partial charge in [0, 0.05) is 10.0 Å². The molecule has 0 aliphatic heterocycles. The van der Waals surface area contributed by atoms with Crippen molar-refractivity contribution in [3.63, 3.8) is 0 Å². The van der Waals surface area contributed by atoms with E-state index < -0.39 is 5.97 Å². The summed E-state index contributed by atoms with van der Waals surface area (Å²) in [5, 5.41) is 5.24. The minimum Gasteiger partial charge on any atom is -0.482 e. The van der Waals surface area contributed by atoms with E-state index in [9.17, 15) is 4.79 Å². The SMILES string of the molecule is Cc1cc(Cl)ccc1OCC(=O)O/N=C(\c1ccc(Cl)cc1)C(C)C. The zero-order valence-electron chi connectivity index (χ0n) is 14.3. The van der Waals surface area contributed by atoms with Crippen LogP contribution in [0.4, 0.5) is 0 Å². The molecule has 2 aromatic rings. The van der Waals surface area contributed by atoms with Crippen LogP contribution in [0, 0.1) is 12.8 Å². The normalized spacial score (nSPS) is 11.5. The van der Waals surface area contributed by atoms with Crippen molar-refractivity contribution in [2.45, 2.75) is 20.8 Å². The van der Waals surface area contributed by atoms with E-state index in [4.69, 9.17) is 32.8 Å². The van der Waals surface area contributed by atoms with Crippen LogP contribution in [-0.4, -0.2) is 18.3 Å². The summed E-state index contributed by atoms with van der Waals surface area (Å²) in [5.41, 5.74) is 2.35. The highest BCUT2D eigenvalue weighted by Crippen LogP contribution is 2.21. The molecule has 0 spiro atoms. The topological polar surface area (TPSA) is 47.9 Å². The lowest BCUT2D eigenvalue weighted by Gasteiger charge is -2.10. The van der Waals surface area contributed by atoms with Crippen molar-refractivity contribution in [1.29, 1.82) is 0 Å². The van der Waals surface area contributed by atoms with Crippen LogP contribution >= 0.6 is 23.2 Å². The number of nitrogens with zero attached hydrogens (tertiary/aromatic N) is 1. The van der Waals surface area contributed by atoms with Crippen LogP contribution < -0.4 is 4.74 Å². The zero-order valence-corrected chi connectivity index (χ0v) is 15.8. The van der Waals surface area contributed by atoms with E-state index in [0.717, 1.165) is 11.1 Å². The van der Waals surface area contributed by atoms with Gasteiger partial charge in [-0.25, -0.2) is 4.79 Å². The number of hydrogen-bond acceptors (Lipinski definition) is 4. The van der Waals surface area contributed by atoms with Crippen molar-refractivity contribution in [2.75, 3.05) is 6.61 Å². The lowest BCUT2D eigenvalue weighted by molar-refractivity contribution is -0.146. The summed E-state index contributed by atoms with van der Waals surface area (Å²) in [6.45, 7) is 5.55. The lowest BCUT2D eigenvalue weighted by Crippen LogP contribution is -2.16. The number of carbonyl (C=O) groups excluding carboxylic acids is 1. The Bertz CT molecular complexity index is 771. The Kier molecular flexibility index (Phi) is 6.85. The van der Waals surface area contributed by atoms with Crippen LogP contribution in [0.5, 0.6) is 5.75 Å². The van der Waals surface area contributed by atoms with Crippen molar-refractivity contribution in [3.8, 4) is 5.75 Å². The summed E-state index contributed by atoms with van der Waals surface area (Å²) >= 11 is 11.8. The molecule has 0 heterocycles. The Morgan fingerprint density at radius 3 is 2.32 bits per heavy atom. The van der Waals surface area contributed by atoms with Gasteiger partial charge in [-0.15, -0.1) is 0 Å². The molecule has 0 radical (unpaired) electrons. The molecule has 0 atom stereocenters. The predicted molar refractivity (Wildman–Crippen MR) is 101 cm³/mol. The van der Waals surface area contributed by atoms with Crippen LogP contribution in [0.15, 0.2) is 47.6 Å². The highest BCUT2D eigenvalue weighted by molar-refractivity contribution is 6.31. The molecule has 0 N–H and O–H groups in total. The van der Waals surface area contributed by atoms with Crippen molar-refractivity contribution in [1.82, 2.24) is 0 Å². The number of ether oxygens (including phenoxy) is 1. The van der Waals surface area contributed by atoms with Gasteiger partial charge in [-0.05, 0) is 54.3 Å². The number of hydrogen-bond donors (Lipinski definition) is 0. The molecule has 0 unspecified atom stereocenters. The van der Waals surface area contributed by atoms with Gasteiger partial charge in [0.1, 0.15) is 5.75 Å². The number of benzene rings is 2. The summed E-state index contributed by atoms with van der Waals surface area (Å²) in [7, 11) is 0. The molecule has 0 bridgehead atoms. The number of oxime groups is 1. The average molecular weight is 380 g/mol. The van der Waals surface area contributed by atoms with E-state index in [1.165, 1.54) is 0 Å². The molecule has 0 aliphatic rings. The molecule has 0 saturated heterocycles. The van der Waals surface area contributed by atoms with E-state index >= 15 is 0 Å². The van der Waals surface area contributed by atoms with Gasteiger partial charge >= 0.3 is 5.97 Å². The lowest BCUT2D eigenvalue weighted by atomic mass is 10.0. The molecule has 132 valence electrons. The molecule has 0 saturated carbocycles. The Morgan fingerprint density at radius 2 is 1.72 bits per heavy atom. The molecule has 0 aliphatic carbocycles. The van der Waals surface area contributed by atoms with Crippen LogP contribution in [0.1, 0.15) is 25.0 Å². The Hall–Kier alpha value is -2.04. The Labute approximate surface area is 157 Å². The molecule has 0 fully saturated rings. The number of carbonyl (C=O) groups is 1. The molecule has 6 heteroatoms. The van der Waals surface area contributed by atoms with Crippen molar-refractivity contribution in [2.24, 2.45) is 11.1 Å². The van der Waals surface area contributed by atoms with Gasteiger partial charge in [0.15, 0.2) is 6.61 Å². The van der Waals surface area contributed by atoms with Crippen LogP contribution in [-0.2, 0) is 9.63 Å². The second kappa shape index (κ2) is 8.88. The van der Waals surface area contributed by atoms with Gasteiger partial charge in [0.05, 0.1) is 5.71 Å². The average Bonchev–Trinajstić information content (AvgIpc) is 2.55. The van der Waals surface area contributed by atoms with Crippen molar-refractivity contribution >= 4 is 34.9 Å². The van der Waals surface area contributed by atoms with E-state index in [0.29, 0.717) is 21.5 Å². The third-order valence-corrected chi connectivity index (χ3v) is 3.90. The minimum atomic E-state index is -0.582. The largest absolute Gasteiger partial charge is 0.482 e. The molecular weight excluding hydrogens is 361 g/mol. The summed E-state index contributed by atoms with van der Waals surface area (Å²) < 4.78 is 5.45. The van der Waals surface area contributed by atoms with Gasteiger partial charge in [-0.3, -0.25) is 0 Å². The number of rotatable bonds is 6. The molecule has 0 aromatic heterocycles. The first-order valence-corrected chi connectivity index (χ1v) is 8.55. The summed E-state index contributed by atoms with van der Waals surface area (Å²) in [6.07, 6.45) is 0. The van der Waals surface area contributed by atoms with Gasteiger partial charge in [-0.1, -0.05) is 54.3 Å². The van der Waals surface area contributed by atoms with Crippen LogP contribution in [0.25, 0.3) is 0 Å². The first kappa shape index (κ1) is 19.3. The molecular formula is C19H19Cl2NO3. The summed E-state index contributed by atoms with van der Waals surface area (Å²) in [4.78, 5) is 16.9. The monoisotopic (exact) mass is 379 g/mol. The Morgan fingerprint density at radius 1 is 1.08 bits per heavy atom. The van der Waals surface area contributed by atoms with Crippen molar-refractivity contribution < 1.29 is 14.4 Å². The van der Waals surface area contributed by atoms with E-state index in [1.54, 1.807) is 30.3 Å². The quantitative estimate of drug-likeness (QED) is 0.389. The fourth-order valence-corrected chi connectivity index (χ4v) is 2.50.